The highest BCUT2D eigenvalue weighted by Gasteiger charge is 2.02. The van der Waals surface area contributed by atoms with Gasteiger partial charge in [0.25, 0.3) is 0 Å². The van der Waals surface area contributed by atoms with Crippen molar-refractivity contribution < 1.29 is 9.53 Å². The first-order valence-electron chi connectivity index (χ1n) is 4.31. The highest BCUT2D eigenvalue weighted by Crippen LogP contribution is 1.89. The molecule has 0 aliphatic carbocycles. The van der Waals surface area contributed by atoms with Crippen molar-refractivity contribution in [2.75, 3.05) is 13.1 Å². The Kier molecular flexibility index (Phi) is 6.47. The van der Waals surface area contributed by atoms with Crippen LogP contribution >= 0.6 is 0 Å². The normalized spacial score (nSPS) is 10.0. The van der Waals surface area contributed by atoms with Crippen molar-refractivity contribution in [2.24, 2.45) is 5.73 Å². The van der Waals surface area contributed by atoms with E-state index in [1.165, 1.54) is 0 Å². The second-order valence-corrected chi connectivity index (χ2v) is 2.88. The molecule has 0 saturated carbocycles. The average Bonchev–Trinajstić information content (AvgIpc) is 1.97. The lowest BCUT2D eigenvalue weighted by atomic mass is 10.3. The molecule has 0 aliphatic rings. The smallest absolute Gasteiger partial charge is 0.407 e. The maximum atomic E-state index is 10.9. The molecule has 3 N–H and O–H groups in total. The molecular formula is C8H18N2O2. The Morgan fingerprint density at radius 2 is 2.17 bits per heavy atom. The third-order valence-electron chi connectivity index (χ3n) is 1.24. The van der Waals surface area contributed by atoms with E-state index in [-0.39, 0.29) is 12.2 Å². The topological polar surface area (TPSA) is 64.3 Å². The first-order chi connectivity index (χ1) is 5.66. The van der Waals surface area contributed by atoms with Crippen LogP contribution in [0.4, 0.5) is 4.79 Å². The van der Waals surface area contributed by atoms with Crippen molar-refractivity contribution in [2.45, 2.75) is 32.8 Å². The monoisotopic (exact) mass is 174 g/mol. The van der Waals surface area contributed by atoms with Crippen LogP contribution in [-0.2, 0) is 4.74 Å². The van der Waals surface area contributed by atoms with Gasteiger partial charge in [-0.1, -0.05) is 0 Å². The summed E-state index contributed by atoms with van der Waals surface area (Å²) in [6.45, 7) is 4.95. The number of hydrogen-bond donors (Lipinski definition) is 2. The quantitative estimate of drug-likeness (QED) is 0.607. The fourth-order valence-corrected chi connectivity index (χ4v) is 0.716. The Bertz CT molecular complexity index is 126. The molecule has 0 bridgehead atoms. The van der Waals surface area contributed by atoms with E-state index in [9.17, 15) is 4.79 Å². The van der Waals surface area contributed by atoms with Gasteiger partial charge in [0.2, 0.25) is 0 Å². The number of rotatable bonds is 5. The van der Waals surface area contributed by atoms with E-state index in [0.717, 1.165) is 12.8 Å². The third kappa shape index (κ3) is 7.34. The summed E-state index contributed by atoms with van der Waals surface area (Å²) in [6, 6.07) is 0. The zero-order valence-electron chi connectivity index (χ0n) is 7.80. The Morgan fingerprint density at radius 3 is 2.67 bits per heavy atom. The summed E-state index contributed by atoms with van der Waals surface area (Å²) in [6.07, 6.45) is 1.44. The van der Waals surface area contributed by atoms with Gasteiger partial charge in [0.1, 0.15) is 0 Å². The Balaban J connectivity index is 3.20. The van der Waals surface area contributed by atoms with Gasteiger partial charge in [0.05, 0.1) is 6.10 Å². The summed E-state index contributed by atoms with van der Waals surface area (Å²) in [4.78, 5) is 10.9. The summed E-state index contributed by atoms with van der Waals surface area (Å²) in [5.74, 6) is 0. The second-order valence-electron chi connectivity index (χ2n) is 2.88. The highest BCUT2D eigenvalue weighted by atomic mass is 16.6. The number of carbonyl (C=O) groups is 1. The molecule has 0 aromatic rings. The molecule has 0 heterocycles. The number of nitrogens with one attached hydrogen (secondary N) is 1. The zero-order valence-corrected chi connectivity index (χ0v) is 7.80. The first kappa shape index (κ1) is 11.2. The van der Waals surface area contributed by atoms with Crippen LogP contribution in [0.2, 0.25) is 0 Å². The summed E-state index contributed by atoms with van der Waals surface area (Å²) >= 11 is 0. The van der Waals surface area contributed by atoms with Gasteiger partial charge in [-0.05, 0) is 33.2 Å². The molecule has 1 amide bonds. The van der Waals surface area contributed by atoms with Crippen LogP contribution in [0.1, 0.15) is 26.7 Å². The molecule has 0 atom stereocenters. The van der Waals surface area contributed by atoms with Gasteiger partial charge in [0.15, 0.2) is 0 Å². The van der Waals surface area contributed by atoms with Crippen LogP contribution < -0.4 is 11.1 Å². The SMILES string of the molecule is CC(C)OC(=O)NCCCCN. The van der Waals surface area contributed by atoms with Crippen LogP contribution in [0.5, 0.6) is 0 Å². The molecule has 4 nitrogen and oxygen atoms in total. The van der Waals surface area contributed by atoms with Crippen LogP contribution in [-0.4, -0.2) is 25.3 Å². The number of hydrogen-bond acceptors (Lipinski definition) is 3. The maximum absolute atomic E-state index is 10.9. The van der Waals surface area contributed by atoms with Crippen LogP contribution in [0, 0.1) is 0 Å². The maximum Gasteiger partial charge on any atom is 0.407 e. The predicted molar refractivity (Wildman–Crippen MR) is 47.9 cm³/mol. The number of carbonyl (C=O) groups excluding carboxylic acids is 1. The van der Waals surface area contributed by atoms with Gasteiger partial charge >= 0.3 is 6.09 Å². The lowest BCUT2D eigenvalue weighted by molar-refractivity contribution is 0.115. The summed E-state index contributed by atoms with van der Waals surface area (Å²) in [7, 11) is 0. The van der Waals surface area contributed by atoms with Gasteiger partial charge < -0.3 is 15.8 Å². The van der Waals surface area contributed by atoms with Gasteiger partial charge in [0, 0.05) is 6.54 Å². The van der Waals surface area contributed by atoms with E-state index in [2.05, 4.69) is 5.32 Å². The lowest BCUT2D eigenvalue weighted by Gasteiger charge is -2.08. The van der Waals surface area contributed by atoms with E-state index in [0.29, 0.717) is 13.1 Å². The van der Waals surface area contributed by atoms with E-state index in [4.69, 9.17) is 10.5 Å². The Labute approximate surface area is 73.5 Å². The summed E-state index contributed by atoms with van der Waals surface area (Å²) in [5, 5.41) is 2.63. The molecule has 0 fully saturated rings. The number of unbranched alkanes of at least 4 members (excludes halogenated alkanes) is 1. The van der Waals surface area contributed by atoms with Gasteiger partial charge in [-0.15, -0.1) is 0 Å². The zero-order chi connectivity index (χ0) is 9.40. The van der Waals surface area contributed by atoms with E-state index in [1.807, 2.05) is 13.8 Å². The molecule has 4 heteroatoms. The Morgan fingerprint density at radius 1 is 1.50 bits per heavy atom. The fourth-order valence-electron chi connectivity index (χ4n) is 0.716. The minimum Gasteiger partial charge on any atom is -0.447 e. The molecule has 0 rings (SSSR count). The highest BCUT2D eigenvalue weighted by molar-refractivity contribution is 5.67. The van der Waals surface area contributed by atoms with Gasteiger partial charge in [-0.25, -0.2) is 4.79 Å². The molecule has 0 radical (unpaired) electrons. The molecular weight excluding hydrogens is 156 g/mol. The van der Waals surface area contributed by atoms with Crippen molar-refractivity contribution in [3.05, 3.63) is 0 Å². The van der Waals surface area contributed by atoms with Crippen molar-refractivity contribution in [3.8, 4) is 0 Å². The van der Waals surface area contributed by atoms with E-state index < -0.39 is 0 Å². The van der Waals surface area contributed by atoms with Crippen molar-refractivity contribution in [3.63, 3.8) is 0 Å². The van der Waals surface area contributed by atoms with Crippen molar-refractivity contribution >= 4 is 6.09 Å². The molecule has 12 heavy (non-hydrogen) atoms. The van der Waals surface area contributed by atoms with E-state index >= 15 is 0 Å². The van der Waals surface area contributed by atoms with Crippen LogP contribution in [0.25, 0.3) is 0 Å². The molecule has 0 aliphatic heterocycles. The van der Waals surface area contributed by atoms with Crippen LogP contribution in [0.15, 0.2) is 0 Å². The van der Waals surface area contributed by atoms with Crippen molar-refractivity contribution in [1.29, 1.82) is 0 Å². The standard InChI is InChI=1S/C8H18N2O2/c1-7(2)12-8(11)10-6-4-3-5-9/h7H,3-6,9H2,1-2H3,(H,10,11). The molecule has 0 aromatic heterocycles. The molecule has 0 saturated heterocycles. The summed E-state index contributed by atoms with van der Waals surface area (Å²) in [5.41, 5.74) is 5.28. The lowest BCUT2D eigenvalue weighted by Crippen LogP contribution is -2.27. The Hall–Kier alpha value is -0.770. The molecule has 0 aromatic carbocycles. The van der Waals surface area contributed by atoms with E-state index in [1.54, 1.807) is 0 Å². The second kappa shape index (κ2) is 6.91. The number of nitrogens with two attached hydrogens (primary N) is 1. The third-order valence-corrected chi connectivity index (χ3v) is 1.24. The number of ether oxygens (including phenoxy) is 1. The number of amides is 1. The number of alkyl carbamates (subject to hydrolysis) is 1. The molecule has 0 unspecified atom stereocenters. The minimum absolute atomic E-state index is 0.0560. The van der Waals surface area contributed by atoms with Crippen LogP contribution in [0.3, 0.4) is 0 Å². The minimum atomic E-state index is -0.345. The average molecular weight is 174 g/mol. The summed E-state index contributed by atoms with van der Waals surface area (Å²) < 4.78 is 4.85. The fraction of sp³-hybridized carbons (Fsp3) is 0.875. The van der Waals surface area contributed by atoms with Crippen molar-refractivity contribution in [1.82, 2.24) is 5.32 Å². The van der Waals surface area contributed by atoms with Gasteiger partial charge in [-0.3, -0.25) is 0 Å². The first-order valence-corrected chi connectivity index (χ1v) is 4.31. The molecule has 72 valence electrons. The molecule has 0 spiro atoms. The van der Waals surface area contributed by atoms with Gasteiger partial charge in [-0.2, -0.15) is 0 Å². The predicted octanol–water partition coefficient (Wildman–Crippen LogP) is 0.860. The largest absolute Gasteiger partial charge is 0.447 e.